The Labute approximate surface area is 204 Å². The van der Waals surface area contributed by atoms with E-state index in [-0.39, 0.29) is 5.97 Å². The van der Waals surface area contributed by atoms with Gasteiger partial charge in [0, 0.05) is 43.4 Å². The average Bonchev–Trinajstić information content (AvgIpc) is 2.81. The van der Waals surface area contributed by atoms with Crippen molar-refractivity contribution >= 4 is 45.1 Å². The molecule has 32 heavy (non-hydrogen) atoms. The third-order valence-electron chi connectivity index (χ3n) is 6.70. The van der Waals surface area contributed by atoms with Crippen LogP contribution in [0.4, 0.5) is 5.69 Å². The van der Waals surface area contributed by atoms with Crippen LogP contribution in [0.15, 0.2) is 54.1 Å². The number of anilines is 1. The Balaban J connectivity index is 1.43. The standard InChI is InChI=1S/C26H30BrClN2O2/c1-26(2)12-11-21(24(17-26)19-3-7-22(28)8-4-19)18-29-13-15-30(16-14-29)23-9-5-20(6-10-23)25(31)32-27/h3-10H,11-18H2,1-2H3. The molecule has 170 valence electrons. The highest BCUT2D eigenvalue weighted by molar-refractivity contribution is 9.06. The smallest absolute Gasteiger partial charge is 0.349 e. The lowest BCUT2D eigenvalue weighted by Gasteiger charge is -2.39. The fourth-order valence-electron chi connectivity index (χ4n) is 4.75. The van der Waals surface area contributed by atoms with Gasteiger partial charge in [0.2, 0.25) is 0 Å². The van der Waals surface area contributed by atoms with Crippen LogP contribution in [-0.4, -0.2) is 43.6 Å². The molecule has 1 fully saturated rings. The maximum atomic E-state index is 11.6. The van der Waals surface area contributed by atoms with Crippen molar-refractivity contribution in [2.45, 2.75) is 33.1 Å². The quantitative estimate of drug-likeness (QED) is 0.448. The van der Waals surface area contributed by atoms with E-state index in [4.69, 9.17) is 11.6 Å². The lowest BCUT2D eigenvalue weighted by Crippen LogP contribution is -2.47. The molecule has 2 aliphatic rings. The Morgan fingerprint density at radius 1 is 1.03 bits per heavy atom. The van der Waals surface area contributed by atoms with E-state index in [1.807, 2.05) is 36.4 Å². The topological polar surface area (TPSA) is 32.8 Å². The van der Waals surface area contributed by atoms with Gasteiger partial charge in [-0.2, -0.15) is 0 Å². The SMILES string of the molecule is CC1(C)CCC(CN2CCN(c3ccc(C(=O)OBr)cc3)CC2)=C(c2ccc(Cl)cc2)C1. The summed E-state index contributed by atoms with van der Waals surface area (Å²) in [4.78, 5) is 16.6. The number of carbonyl (C=O) groups is 1. The number of rotatable bonds is 5. The van der Waals surface area contributed by atoms with Gasteiger partial charge in [-0.05, 0) is 72.2 Å². The minimum absolute atomic E-state index is 0.338. The van der Waals surface area contributed by atoms with Gasteiger partial charge in [-0.1, -0.05) is 43.2 Å². The van der Waals surface area contributed by atoms with Gasteiger partial charge in [0.25, 0.3) is 0 Å². The van der Waals surface area contributed by atoms with Crippen molar-refractivity contribution in [1.82, 2.24) is 4.90 Å². The highest BCUT2D eigenvalue weighted by Crippen LogP contribution is 2.43. The Morgan fingerprint density at radius 3 is 2.31 bits per heavy atom. The Kier molecular flexibility index (Phi) is 7.28. The molecule has 0 amide bonds. The summed E-state index contributed by atoms with van der Waals surface area (Å²) in [6.07, 6.45) is 3.52. The van der Waals surface area contributed by atoms with E-state index in [2.05, 4.69) is 55.9 Å². The van der Waals surface area contributed by atoms with Crippen molar-refractivity contribution in [3.8, 4) is 0 Å². The zero-order valence-electron chi connectivity index (χ0n) is 18.7. The largest absolute Gasteiger partial charge is 0.380 e. The molecule has 4 nitrogen and oxygen atoms in total. The molecule has 0 atom stereocenters. The van der Waals surface area contributed by atoms with E-state index in [1.54, 1.807) is 5.57 Å². The molecule has 2 aromatic carbocycles. The number of benzene rings is 2. The molecule has 0 aromatic heterocycles. The average molecular weight is 518 g/mol. The zero-order valence-corrected chi connectivity index (χ0v) is 21.1. The molecule has 0 unspecified atom stereocenters. The van der Waals surface area contributed by atoms with Crippen LogP contribution in [0.25, 0.3) is 5.57 Å². The molecule has 1 heterocycles. The fraction of sp³-hybridized carbons (Fsp3) is 0.423. The fourth-order valence-corrected chi connectivity index (χ4v) is 5.06. The molecule has 2 aromatic rings. The van der Waals surface area contributed by atoms with Gasteiger partial charge < -0.3 is 8.73 Å². The van der Waals surface area contributed by atoms with Crippen LogP contribution in [0, 0.1) is 5.41 Å². The second-order valence-electron chi connectivity index (χ2n) is 9.60. The predicted octanol–water partition coefficient (Wildman–Crippen LogP) is 6.59. The first-order valence-corrected chi connectivity index (χ1v) is 12.2. The van der Waals surface area contributed by atoms with Gasteiger partial charge in [-0.25, -0.2) is 4.79 Å². The molecule has 0 saturated carbocycles. The summed E-state index contributed by atoms with van der Waals surface area (Å²) in [5.41, 5.74) is 6.44. The van der Waals surface area contributed by atoms with Crippen molar-refractivity contribution in [2.24, 2.45) is 5.41 Å². The molecule has 1 saturated heterocycles. The minimum Gasteiger partial charge on any atom is -0.380 e. The van der Waals surface area contributed by atoms with E-state index in [1.165, 1.54) is 17.6 Å². The Morgan fingerprint density at radius 2 is 1.69 bits per heavy atom. The summed E-state index contributed by atoms with van der Waals surface area (Å²) in [5, 5.41) is 0.791. The molecule has 0 bridgehead atoms. The van der Waals surface area contributed by atoms with Gasteiger partial charge in [0.15, 0.2) is 16.3 Å². The van der Waals surface area contributed by atoms with Crippen LogP contribution in [0.2, 0.25) is 5.02 Å². The molecule has 0 N–H and O–H groups in total. The van der Waals surface area contributed by atoms with Crippen LogP contribution in [0.1, 0.15) is 49.0 Å². The monoisotopic (exact) mass is 516 g/mol. The predicted molar refractivity (Wildman–Crippen MR) is 135 cm³/mol. The number of piperazine rings is 1. The normalized spacial score (nSPS) is 19.2. The van der Waals surface area contributed by atoms with Crippen LogP contribution < -0.4 is 4.90 Å². The lowest BCUT2D eigenvalue weighted by atomic mass is 9.72. The molecule has 1 aliphatic carbocycles. The van der Waals surface area contributed by atoms with E-state index in [9.17, 15) is 4.79 Å². The van der Waals surface area contributed by atoms with Crippen molar-refractivity contribution in [3.63, 3.8) is 0 Å². The van der Waals surface area contributed by atoms with Crippen molar-refractivity contribution in [1.29, 1.82) is 0 Å². The third-order valence-corrected chi connectivity index (χ3v) is 7.25. The third kappa shape index (κ3) is 5.56. The number of hydrogen-bond acceptors (Lipinski definition) is 4. The van der Waals surface area contributed by atoms with Gasteiger partial charge in [-0.3, -0.25) is 4.90 Å². The summed E-state index contributed by atoms with van der Waals surface area (Å²) < 4.78 is 4.61. The first-order chi connectivity index (χ1) is 15.3. The first kappa shape index (κ1) is 23.3. The maximum absolute atomic E-state index is 11.6. The molecule has 0 spiro atoms. The van der Waals surface area contributed by atoms with Crippen molar-refractivity contribution in [3.05, 3.63) is 70.3 Å². The van der Waals surface area contributed by atoms with Gasteiger partial charge in [-0.15, -0.1) is 0 Å². The number of nitrogens with zero attached hydrogens (tertiary/aromatic N) is 2. The molecule has 1 aliphatic heterocycles. The Hall–Kier alpha value is -1.82. The first-order valence-electron chi connectivity index (χ1n) is 11.2. The van der Waals surface area contributed by atoms with Gasteiger partial charge in [0.1, 0.15) is 0 Å². The Bertz CT molecular complexity index is 978. The molecular weight excluding hydrogens is 488 g/mol. The van der Waals surface area contributed by atoms with Crippen LogP contribution in [-0.2, 0) is 3.83 Å². The highest BCUT2D eigenvalue weighted by Gasteiger charge is 2.29. The second kappa shape index (κ2) is 9.98. The van der Waals surface area contributed by atoms with Crippen LogP contribution >= 0.6 is 27.9 Å². The lowest BCUT2D eigenvalue weighted by molar-refractivity contribution is 0.0782. The van der Waals surface area contributed by atoms with Crippen molar-refractivity contribution in [2.75, 3.05) is 37.6 Å². The van der Waals surface area contributed by atoms with Crippen molar-refractivity contribution < 1.29 is 8.62 Å². The van der Waals surface area contributed by atoms with Crippen LogP contribution in [0.3, 0.4) is 0 Å². The van der Waals surface area contributed by atoms with E-state index in [0.717, 1.165) is 56.3 Å². The van der Waals surface area contributed by atoms with E-state index in [0.29, 0.717) is 11.0 Å². The minimum atomic E-state index is -0.373. The second-order valence-corrected chi connectivity index (χ2v) is 10.4. The van der Waals surface area contributed by atoms with Gasteiger partial charge in [0.05, 0.1) is 5.56 Å². The number of allylic oxidation sites excluding steroid dienone is 1. The highest BCUT2D eigenvalue weighted by atomic mass is 79.9. The summed E-state index contributed by atoms with van der Waals surface area (Å²) in [7, 11) is 0. The van der Waals surface area contributed by atoms with E-state index >= 15 is 0 Å². The zero-order chi connectivity index (χ0) is 22.7. The molecule has 0 radical (unpaired) electrons. The summed E-state index contributed by atoms with van der Waals surface area (Å²) in [6.45, 7) is 9.83. The number of halogens is 2. The molecular formula is C26H30BrClN2O2. The summed E-state index contributed by atoms with van der Waals surface area (Å²) in [6, 6.07) is 16.0. The summed E-state index contributed by atoms with van der Waals surface area (Å²) in [5.74, 6) is -0.373. The molecule has 4 rings (SSSR count). The maximum Gasteiger partial charge on any atom is 0.349 e. The summed E-state index contributed by atoms with van der Waals surface area (Å²) >= 11 is 8.89. The van der Waals surface area contributed by atoms with E-state index < -0.39 is 0 Å². The van der Waals surface area contributed by atoms with Crippen LogP contribution in [0.5, 0.6) is 0 Å². The van der Waals surface area contributed by atoms with Gasteiger partial charge >= 0.3 is 5.97 Å². The molecule has 6 heteroatoms. The number of hydrogen-bond donors (Lipinski definition) is 0. The number of carbonyl (C=O) groups excluding carboxylic acids is 1.